The average Bonchev–Trinajstić information content (AvgIpc) is 2.59. The van der Waals surface area contributed by atoms with Crippen molar-refractivity contribution in [2.24, 2.45) is 4.99 Å². The van der Waals surface area contributed by atoms with Crippen LogP contribution in [0.2, 0.25) is 0 Å². The number of nitrogens with zero attached hydrogens (tertiary/aromatic N) is 2. The van der Waals surface area contributed by atoms with E-state index in [-0.39, 0.29) is 6.10 Å². The van der Waals surface area contributed by atoms with E-state index in [9.17, 15) is 0 Å². The van der Waals surface area contributed by atoms with Crippen LogP contribution >= 0.6 is 0 Å². The Kier molecular flexibility index (Phi) is 7.59. The third-order valence-corrected chi connectivity index (χ3v) is 3.96. The Balaban J connectivity index is 1.71. The molecule has 0 unspecified atom stereocenters. The Labute approximate surface area is 145 Å². The number of pyridine rings is 1. The first-order chi connectivity index (χ1) is 11.7. The Morgan fingerprint density at radius 1 is 1.29 bits per heavy atom. The molecule has 0 saturated heterocycles. The van der Waals surface area contributed by atoms with Crippen LogP contribution in [0.4, 0.5) is 0 Å². The number of rotatable bonds is 7. The van der Waals surface area contributed by atoms with Crippen LogP contribution in [0.15, 0.2) is 35.0 Å². The third-order valence-electron chi connectivity index (χ3n) is 3.96. The van der Waals surface area contributed by atoms with Gasteiger partial charge in [-0.05, 0) is 51.5 Å². The van der Waals surface area contributed by atoms with Gasteiger partial charge in [-0.2, -0.15) is 0 Å². The summed E-state index contributed by atoms with van der Waals surface area (Å²) in [5, 5.41) is 6.70. The summed E-state index contributed by atoms with van der Waals surface area (Å²) in [6, 6.07) is 3.93. The van der Waals surface area contributed by atoms with E-state index in [1.165, 1.54) is 25.7 Å². The summed E-state index contributed by atoms with van der Waals surface area (Å²) in [5.74, 6) is 1.49. The van der Waals surface area contributed by atoms with Gasteiger partial charge in [0.25, 0.3) is 0 Å². The van der Waals surface area contributed by atoms with E-state index < -0.39 is 0 Å². The lowest BCUT2D eigenvalue weighted by molar-refractivity contribution is 0.232. The molecule has 0 aromatic carbocycles. The zero-order valence-electron chi connectivity index (χ0n) is 15.1. The van der Waals surface area contributed by atoms with Gasteiger partial charge in [0.1, 0.15) is 0 Å². The second-order valence-corrected chi connectivity index (χ2v) is 6.38. The van der Waals surface area contributed by atoms with Gasteiger partial charge < -0.3 is 15.4 Å². The van der Waals surface area contributed by atoms with Crippen molar-refractivity contribution in [1.82, 2.24) is 15.6 Å². The number of hydrogen-bond acceptors (Lipinski definition) is 3. The van der Waals surface area contributed by atoms with Crippen molar-refractivity contribution in [2.45, 2.75) is 58.6 Å². The van der Waals surface area contributed by atoms with Crippen LogP contribution in [0.25, 0.3) is 0 Å². The highest BCUT2D eigenvalue weighted by Gasteiger charge is 2.05. The number of aromatic nitrogens is 1. The van der Waals surface area contributed by atoms with Crippen molar-refractivity contribution in [3.63, 3.8) is 0 Å². The van der Waals surface area contributed by atoms with Gasteiger partial charge in [-0.3, -0.25) is 4.99 Å². The molecule has 132 valence electrons. The minimum atomic E-state index is 0.142. The molecule has 2 rings (SSSR count). The summed E-state index contributed by atoms with van der Waals surface area (Å²) >= 11 is 0. The highest BCUT2D eigenvalue weighted by molar-refractivity contribution is 5.79. The summed E-state index contributed by atoms with van der Waals surface area (Å²) in [6.45, 7) is 5.61. The van der Waals surface area contributed by atoms with Crippen molar-refractivity contribution >= 4 is 5.96 Å². The van der Waals surface area contributed by atoms with Gasteiger partial charge in [0.2, 0.25) is 5.88 Å². The Morgan fingerprint density at radius 2 is 2.17 bits per heavy atom. The van der Waals surface area contributed by atoms with Crippen molar-refractivity contribution in [3.8, 4) is 5.88 Å². The van der Waals surface area contributed by atoms with E-state index in [0.717, 1.165) is 24.5 Å². The molecule has 0 radical (unpaired) electrons. The smallest absolute Gasteiger partial charge is 0.213 e. The largest absolute Gasteiger partial charge is 0.475 e. The van der Waals surface area contributed by atoms with Gasteiger partial charge in [0.05, 0.1) is 6.10 Å². The zero-order valence-corrected chi connectivity index (χ0v) is 15.1. The molecular formula is C19H30N4O. The molecule has 0 bridgehead atoms. The van der Waals surface area contributed by atoms with E-state index >= 15 is 0 Å². The number of ether oxygens (including phenoxy) is 1. The molecule has 0 spiro atoms. The van der Waals surface area contributed by atoms with Crippen LogP contribution in [-0.2, 0) is 6.54 Å². The third kappa shape index (κ3) is 6.60. The van der Waals surface area contributed by atoms with Gasteiger partial charge >= 0.3 is 0 Å². The zero-order chi connectivity index (χ0) is 17.2. The minimum absolute atomic E-state index is 0.142. The number of guanidine groups is 1. The lowest BCUT2D eigenvalue weighted by atomic mass is 9.97. The van der Waals surface area contributed by atoms with Gasteiger partial charge in [-0.1, -0.05) is 17.7 Å². The number of nitrogens with one attached hydrogen (secondary N) is 2. The quantitative estimate of drug-likeness (QED) is 0.457. The lowest BCUT2D eigenvalue weighted by Crippen LogP contribution is -2.37. The maximum Gasteiger partial charge on any atom is 0.213 e. The van der Waals surface area contributed by atoms with Crippen molar-refractivity contribution in [3.05, 3.63) is 35.5 Å². The Hall–Kier alpha value is -2.04. The first kappa shape index (κ1) is 18.3. The molecule has 1 aliphatic carbocycles. The molecule has 5 nitrogen and oxygen atoms in total. The molecular weight excluding hydrogens is 300 g/mol. The monoisotopic (exact) mass is 330 g/mol. The van der Waals surface area contributed by atoms with Crippen LogP contribution in [0.5, 0.6) is 5.88 Å². The molecule has 1 aromatic heterocycles. The Bertz CT molecular complexity index is 549. The first-order valence-electron chi connectivity index (χ1n) is 8.91. The summed E-state index contributed by atoms with van der Waals surface area (Å²) in [6.07, 6.45) is 10.7. The molecule has 1 aromatic rings. The summed E-state index contributed by atoms with van der Waals surface area (Å²) in [7, 11) is 1.80. The van der Waals surface area contributed by atoms with Crippen molar-refractivity contribution < 1.29 is 4.74 Å². The first-order valence-corrected chi connectivity index (χ1v) is 8.91. The molecule has 0 amide bonds. The SMILES string of the molecule is CN=C(NCCC1=CCCCC1)NCc1ccc(OC(C)C)nc1. The minimum Gasteiger partial charge on any atom is -0.475 e. The molecule has 0 aliphatic heterocycles. The highest BCUT2D eigenvalue weighted by Crippen LogP contribution is 2.19. The maximum atomic E-state index is 5.55. The normalized spacial score (nSPS) is 15.2. The van der Waals surface area contributed by atoms with Crippen LogP contribution in [0, 0.1) is 0 Å². The average molecular weight is 330 g/mol. The second-order valence-electron chi connectivity index (χ2n) is 6.38. The van der Waals surface area contributed by atoms with Crippen molar-refractivity contribution in [1.29, 1.82) is 0 Å². The molecule has 1 aliphatic rings. The van der Waals surface area contributed by atoms with Gasteiger partial charge in [-0.25, -0.2) is 4.98 Å². The fourth-order valence-corrected chi connectivity index (χ4v) is 2.71. The van der Waals surface area contributed by atoms with Gasteiger partial charge in [0, 0.05) is 32.4 Å². The van der Waals surface area contributed by atoms with Crippen LogP contribution < -0.4 is 15.4 Å². The summed E-state index contributed by atoms with van der Waals surface area (Å²) in [5.41, 5.74) is 2.68. The predicted octanol–water partition coefficient (Wildman–Crippen LogP) is 3.42. The van der Waals surface area contributed by atoms with Crippen LogP contribution in [-0.4, -0.2) is 30.6 Å². The highest BCUT2D eigenvalue weighted by atomic mass is 16.5. The molecule has 0 atom stereocenters. The van der Waals surface area contributed by atoms with E-state index in [4.69, 9.17) is 4.74 Å². The fourth-order valence-electron chi connectivity index (χ4n) is 2.71. The summed E-state index contributed by atoms with van der Waals surface area (Å²) in [4.78, 5) is 8.59. The summed E-state index contributed by atoms with van der Waals surface area (Å²) < 4.78 is 5.55. The molecule has 2 N–H and O–H groups in total. The molecule has 5 heteroatoms. The molecule has 24 heavy (non-hydrogen) atoms. The van der Waals surface area contributed by atoms with Crippen molar-refractivity contribution in [2.75, 3.05) is 13.6 Å². The number of hydrogen-bond donors (Lipinski definition) is 2. The van der Waals surface area contributed by atoms with E-state index in [0.29, 0.717) is 12.4 Å². The van der Waals surface area contributed by atoms with Crippen LogP contribution in [0.3, 0.4) is 0 Å². The molecule has 1 heterocycles. The van der Waals surface area contributed by atoms with E-state index in [1.54, 1.807) is 12.6 Å². The topological polar surface area (TPSA) is 58.5 Å². The Morgan fingerprint density at radius 3 is 2.79 bits per heavy atom. The van der Waals surface area contributed by atoms with Gasteiger partial charge in [0.15, 0.2) is 5.96 Å². The molecule has 0 fully saturated rings. The predicted molar refractivity (Wildman–Crippen MR) is 99.4 cm³/mol. The number of allylic oxidation sites excluding steroid dienone is 1. The standard InChI is InChI=1S/C19H30N4O/c1-15(2)24-18-10-9-17(13-22-18)14-23-19(20-3)21-12-11-16-7-5-4-6-8-16/h7,9-10,13,15H,4-6,8,11-12,14H2,1-3H3,(H2,20,21,23). The maximum absolute atomic E-state index is 5.55. The van der Waals surface area contributed by atoms with E-state index in [1.807, 2.05) is 32.2 Å². The fraction of sp³-hybridized carbons (Fsp3) is 0.579. The van der Waals surface area contributed by atoms with E-state index in [2.05, 4.69) is 26.7 Å². The molecule has 0 saturated carbocycles. The second kappa shape index (κ2) is 9.96. The van der Waals surface area contributed by atoms with Crippen LogP contribution in [0.1, 0.15) is 51.5 Å². The van der Waals surface area contributed by atoms with Gasteiger partial charge in [-0.15, -0.1) is 0 Å². The lowest BCUT2D eigenvalue weighted by Gasteiger charge is -2.15. The number of aliphatic imine (C=N–C) groups is 1.